The number of amides is 1. The largest absolute Gasteiger partial charge is 0.494 e. The van der Waals surface area contributed by atoms with Crippen molar-refractivity contribution in [2.45, 2.75) is 59.7 Å². The molecule has 1 fully saturated rings. The van der Waals surface area contributed by atoms with E-state index in [1.54, 1.807) is 0 Å². The van der Waals surface area contributed by atoms with Crippen LogP contribution in [0.15, 0.2) is 24.5 Å². The molecule has 1 aliphatic rings. The van der Waals surface area contributed by atoms with Gasteiger partial charge in [-0.05, 0) is 45.3 Å². The molecule has 1 N–H and O–H groups in total. The lowest BCUT2D eigenvalue weighted by Gasteiger charge is -2.32. The minimum absolute atomic E-state index is 0.0986. The Morgan fingerprint density at radius 2 is 1.69 bits per heavy atom. The molecule has 6 nitrogen and oxygen atoms in total. The van der Waals surface area contributed by atoms with Crippen molar-refractivity contribution in [1.29, 1.82) is 0 Å². The predicted molar refractivity (Wildman–Crippen MR) is 103 cm³/mol. The van der Waals surface area contributed by atoms with Gasteiger partial charge in [0, 0.05) is 10.8 Å². The van der Waals surface area contributed by atoms with Crippen LogP contribution in [0.1, 0.15) is 48.5 Å². The summed E-state index contributed by atoms with van der Waals surface area (Å²) >= 11 is 0. The molecule has 3 rings (SSSR count). The fourth-order valence-corrected chi connectivity index (χ4v) is 2.59. The highest BCUT2D eigenvalue weighted by atomic mass is 16.7. The van der Waals surface area contributed by atoms with Crippen molar-refractivity contribution in [2.75, 3.05) is 5.32 Å². The molecule has 1 aromatic carbocycles. The van der Waals surface area contributed by atoms with E-state index < -0.39 is 23.7 Å². The van der Waals surface area contributed by atoms with Gasteiger partial charge >= 0.3 is 7.12 Å². The standard InChI is InChI=1S/C19H26BN3O3/c1-17(2,3)16(24)23-15-13-10-12(8-9-14(13)21-11-22-15)20-25-18(4,5)19(6,7)26-20/h8-11H,1-7H3,(H,21,22,23,24). The van der Waals surface area contributed by atoms with Crippen LogP contribution in [0.3, 0.4) is 0 Å². The average Bonchev–Trinajstić information content (AvgIpc) is 2.74. The van der Waals surface area contributed by atoms with Crippen LogP contribution in [0.25, 0.3) is 10.9 Å². The number of carbonyl (C=O) groups excluding carboxylic acids is 1. The molecular weight excluding hydrogens is 329 g/mol. The summed E-state index contributed by atoms with van der Waals surface area (Å²) in [5.74, 6) is 0.395. The lowest BCUT2D eigenvalue weighted by Crippen LogP contribution is -2.41. The van der Waals surface area contributed by atoms with Crippen LogP contribution in [0.4, 0.5) is 5.82 Å². The second-order valence-corrected chi connectivity index (χ2v) is 8.79. The fraction of sp³-hybridized carbons (Fsp3) is 0.526. The summed E-state index contributed by atoms with van der Waals surface area (Å²) in [7, 11) is -0.476. The average molecular weight is 355 g/mol. The zero-order valence-corrected chi connectivity index (χ0v) is 16.5. The van der Waals surface area contributed by atoms with E-state index in [0.717, 1.165) is 16.4 Å². The molecule has 1 saturated heterocycles. The van der Waals surface area contributed by atoms with E-state index >= 15 is 0 Å². The Kier molecular flexibility index (Phi) is 4.36. The third kappa shape index (κ3) is 3.33. The Morgan fingerprint density at radius 1 is 1.08 bits per heavy atom. The smallest absolute Gasteiger partial charge is 0.399 e. The first kappa shape index (κ1) is 18.8. The Balaban J connectivity index is 1.98. The van der Waals surface area contributed by atoms with Crippen LogP contribution in [-0.4, -0.2) is 34.2 Å². The molecule has 1 aromatic heterocycles. The summed E-state index contributed by atoms with van der Waals surface area (Å²) < 4.78 is 12.2. The second kappa shape index (κ2) is 6.03. The Labute approximate surface area is 154 Å². The van der Waals surface area contributed by atoms with Crippen LogP contribution in [0.5, 0.6) is 0 Å². The highest BCUT2D eigenvalue weighted by molar-refractivity contribution is 6.62. The lowest BCUT2D eigenvalue weighted by molar-refractivity contribution is -0.123. The monoisotopic (exact) mass is 355 g/mol. The van der Waals surface area contributed by atoms with Crippen LogP contribution in [0.2, 0.25) is 0 Å². The van der Waals surface area contributed by atoms with Crippen molar-refractivity contribution >= 4 is 35.2 Å². The Hall–Kier alpha value is -1.99. The van der Waals surface area contributed by atoms with Crippen molar-refractivity contribution < 1.29 is 14.1 Å². The van der Waals surface area contributed by atoms with Crippen molar-refractivity contribution in [1.82, 2.24) is 9.97 Å². The lowest BCUT2D eigenvalue weighted by atomic mass is 9.78. The van der Waals surface area contributed by atoms with Crippen molar-refractivity contribution in [3.8, 4) is 0 Å². The van der Waals surface area contributed by atoms with E-state index in [1.165, 1.54) is 6.33 Å². The van der Waals surface area contributed by atoms with E-state index in [-0.39, 0.29) is 5.91 Å². The van der Waals surface area contributed by atoms with Gasteiger partial charge in [0.25, 0.3) is 0 Å². The fourth-order valence-electron chi connectivity index (χ4n) is 2.59. The summed E-state index contributed by atoms with van der Waals surface area (Å²) in [6.07, 6.45) is 1.45. The number of nitrogens with zero attached hydrogens (tertiary/aromatic N) is 2. The van der Waals surface area contributed by atoms with Gasteiger partial charge in [0.15, 0.2) is 0 Å². The first-order valence-electron chi connectivity index (χ1n) is 8.82. The summed E-state index contributed by atoms with van der Waals surface area (Å²) in [6, 6.07) is 5.76. The molecule has 138 valence electrons. The van der Waals surface area contributed by atoms with Gasteiger partial charge in [0.2, 0.25) is 5.91 Å². The van der Waals surface area contributed by atoms with E-state index in [2.05, 4.69) is 15.3 Å². The molecule has 0 saturated carbocycles. The highest BCUT2D eigenvalue weighted by Gasteiger charge is 2.51. The number of benzene rings is 1. The predicted octanol–water partition coefficient (Wildman–Crippen LogP) is 2.91. The van der Waals surface area contributed by atoms with Gasteiger partial charge in [-0.1, -0.05) is 26.8 Å². The zero-order chi connectivity index (χ0) is 19.3. The molecule has 0 radical (unpaired) electrons. The van der Waals surface area contributed by atoms with E-state index in [9.17, 15) is 4.79 Å². The molecule has 1 aliphatic heterocycles. The van der Waals surface area contributed by atoms with Gasteiger partial charge in [-0.15, -0.1) is 0 Å². The number of fused-ring (bicyclic) bond motifs is 1. The maximum Gasteiger partial charge on any atom is 0.494 e. The number of anilines is 1. The number of hydrogen-bond acceptors (Lipinski definition) is 5. The van der Waals surface area contributed by atoms with Gasteiger partial charge < -0.3 is 14.6 Å². The molecule has 0 spiro atoms. The van der Waals surface area contributed by atoms with E-state index in [4.69, 9.17) is 9.31 Å². The van der Waals surface area contributed by atoms with Gasteiger partial charge in [-0.25, -0.2) is 9.97 Å². The molecule has 2 heterocycles. The minimum atomic E-state index is -0.513. The molecule has 0 atom stereocenters. The van der Waals surface area contributed by atoms with Crippen molar-refractivity contribution in [2.24, 2.45) is 5.41 Å². The SMILES string of the molecule is CC(C)(C)C(=O)Nc1ncnc2ccc(B3OC(C)(C)C(C)(C)O3)cc12. The summed E-state index contributed by atoms with van der Waals surface area (Å²) in [5.41, 5.74) is 0.286. The normalized spacial score (nSPS) is 19.0. The second-order valence-electron chi connectivity index (χ2n) is 8.79. The zero-order valence-electron chi connectivity index (χ0n) is 16.5. The summed E-state index contributed by atoms with van der Waals surface area (Å²) in [4.78, 5) is 20.9. The topological polar surface area (TPSA) is 73.3 Å². The van der Waals surface area contributed by atoms with E-state index in [0.29, 0.717) is 5.82 Å². The molecular formula is C19H26BN3O3. The molecule has 7 heteroatoms. The van der Waals surface area contributed by atoms with E-state index in [1.807, 2.05) is 66.7 Å². The molecule has 0 bridgehead atoms. The van der Waals surface area contributed by atoms with Gasteiger partial charge in [0.05, 0.1) is 16.7 Å². The number of rotatable bonds is 2. The van der Waals surface area contributed by atoms with Crippen LogP contribution < -0.4 is 10.8 Å². The van der Waals surface area contributed by atoms with Crippen LogP contribution in [0, 0.1) is 5.41 Å². The number of nitrogens with one attached hydrogen (secondary N) is 1. The van der Waals surface area contributed by atoms with Crippen molar-refractivity contribution in [3.63, 3.8) is 0 Å². The molecule has 2 aromatic rings. The van der Waals surface area contributed by atoms with Crippen molar-refractivity contribution in [3.05, 3.63) is 24.5 Å². The molecule has 0 unspecified atom stereocenters. The first-order valence-corrected chi connectivity index (χ1v) is 8.82. The Morgan fingerprint density at radius 3 is 2.27 bits per heavy atom. The van der Waals surface area contributed by atoms with Gasteiger partial charge in [0.1, 0.15) is 12.1 Å². The quantitative estimate of drug-likeness (QED) is 0.839. The third-order valence-electron chi connectivity index (χ3n) is 5.10. The molecule has 1 amide bonds. The van der Waals surface area contributed by atoms with Gasteiger partial charge in [-0.2, -0.15) is 0 Å². The van der Waals surface area contributed by atoms with Crippen LogP contribution in [-0.2, 0) is 14.1 Å². The number of hydrogen-bond donors (Lipinski definition) is 1. The van der Waals surface area contributed by atoms with Gasteiger partial charge in [-0.3, -0.25) is 4.79 Å². The number of carbonyl (C=O) groups is 1. The maximum absolute atomic E-state index is 12.4. The summed E-state index contributed by atoms with van der Waals surface area (Å²) in [5, 5.41) is 3.66. The third-order valence-corrected chi connectivity index (χ3v) is 5.10. The maximum atomic E-state index is 12.4. The first-order chi connectivity index (χ1) is 11.9. The Bertz CT molecular complexity index is 843. The number of aromatic nitrogens is 2. The van der Waals surface area contributed by atoms with Crippen LogP contribution >= 0.6 is 0 Å². The summed E-state index contributed by atoms with van der Waals surface area (Å²) in [6.45, 7) is 13.7. The minimum Gasteiger partial charge on any atom is -0.399 e. The molecule has 0 aliphatic carbocycles. The highest BCUT2D eigenvalue weighted by Crippen LogP contribution is 2.36. The molecule has 26 heavy (non-hydrogen) atoms.